The van der Waals surface area contributed by atoms with E-state index in [4.69, 9.17) is 27.9 Å². The standard InChI is InChI=1S/C17H21Cl2N3O4/c1-11(2)20-16(24)17(25)22-7-5-21(6-8-22)15(23)10-26-14-4-3-12(18)9-13(14)19/h3-4,9,11H,5-8,10H2,1-2H3,(H,20,24). The normalized spacial score (nSPS) is 14.3. The Morgan fingerprint density at radius 2 is 1.73 bits per heavy atom. The molecule has 0 aromatic heterocycles. The van der Waals surface area contributed by atoms with Gasteiger partial charge < -0.3 is 19.9 Å². The van der Waals surface area contributed by atoms with Gasteiger partial charge in [0.1, 0.15) is 5.75 Å². The van der Waals surface area contributed by atoms with Gasteiger partial charge >= 0.3 is 11.8 Å². The van der Waals surface area contributed by atoms with E-state index in [0.29, 0.717) is 42.0 Å². The molecule has 1 aromatic rings. The second kappa shape index (κ2) is 9.09. The van der Waals surface area contributed by atoms with Crippen LogP contribution in [0.3, 0.4) is 0 Å². The number of halogens is 2. The molecule has 0 saturated carbocycles. The van der Waals surface area contributed by atoms with Crippen molar-refractivity contribution >= 4 is 40.9 Å². The van der Waals surface area contributed by atoms with Gasteiger partial charge in [0.25, 0.3) is 5.91 Å². The van der Waals surface area contributed by atoms with Crippen LogP contribution in [0, 0.1) is 0 Å². The highest BCUT2D eigenvalue weighted by atomic mass is 35.5. The molecule has 1 fully saturated rings. The minimum Gasteiger partial charge on any atom is -0.482 e. The highest BCUT2D eigenvalue weighted by Gasteiger charge is 2.28. The molecule has 7 nitrogen and oxygen atoms in total. The molecular formula is C17H21Cl2N3O4. The second-order valence-electron chi connectivity index (χ2n) is 6.16. The van der Waals surface area contributed by atoms with Gasteiger partial charge in [0.05, 0.1) is 5.02 Å². The molecule has 1 saturated heterocycles. The minimum atomic E-state index is -0.625. The highest BCUT2D eigenvalue weighted by Crippen LogP contribution is 2.27. The topological polar surface area (TPSA) is 79.0 Å². The van der Waals surface area contributed by atoms with E-state index >= 15 is 0 Å². The molecule has 0 bridgehead atoms. The fourth-order valence-corrected chi connectivity index (χ4v) is 2.91. The summed E-state index contributed by atoms with van der Waals surface area (Å²) in [6, 6.07) is 4.66. The molecule has 1 N–H and O–H groups in total. The lowest BCUT2D eigenvalue weighted by Crippen LogP contribution is -2.55. The van der Waals surface area contributed by atoms with E-state index in [2.05, 4.69) is 5.32 Å². The fraction of sp³-hybridized carbons (Fsp3) is 0.471. The van der Waals surface area contributed by atoms with Crippen LogP contribution in [0.15, 0.2) is 18.2 Å². The maximum absolute atomic E-state index is 12.3. The van der Waals surface area contributed by atoms with E-state index in [1.165, 1.54) is 11.0 Å². The highest BCUT2D eigenvalue weighted by molar-refractivity contribution is 6.35. The van der Waals surface area contributed by atoms with Crippen molar-refractivity contribution in [2.45, 2.75) is 19.9 Å². The maximum Gasteiger partial charge on any atom is 0.312 e. The Balaban J connectivity index is 1.80. The largest absolute Gasteiger partial charge is 0.482 e. The van der Waals surface area contributed by atoms with Crippen molar-refractivity contribution in [1.29, 1.82) is 0 Å². The van der Waals surface area contributed by atoms with E-state index in [1.807, 2.05) is 0 Å². The third-order valence-corrected chi connectivity index (χ3v) is 4.31. The lowest BCUT2D eigenvalue weighted by molar-refractivity contribution is -0.148. The molecule has 1 aliphatic rings. The van der Waals surface area contributed by atoms with Crippen LogP contribution in [0.25, 0.3) is 0 Å². The quantitative estimate of drug-likeness (QED) is 0.776. The van der Waals surface area contributed by atoms with Gasteiger partial charge in [0.2, 0.25) is 0 Å². The third-order valence-electron chi connectivity index (χ3n) is 3.78. The zero-order valence-corrected chi connectivity index (χ0v) is 16.1. The van der Waals surface area contributed by atoms with Crippen LogP contribution in [0.1, 0.15) is 13.8 Å². The SMILES string of the molecule is CC(C)NC(=O)C(=O)N1CCN(C(=O)COc2ccc(Cl)cc2Cl)CC1. The van der Waals surface area contributed by atoms with Crippen LogP contribution in [0.4, 0.5) is 0 Å². The van der Waals surface area contributed by atoms with Gasteiger partial charge in [-0.2, -0.15) is 0 Å². The number of ether oxygens (including phenoxy) is 1. The van der Waals surface area contributed by atoms with Gasteiger partial charge in [-0.05, 0) is 32.0 Å². The molecular weight excluding hydrogens is 381 g/mol. The zero-order chi connectivity index (χ0) is 19.3. The summed E-state index contributed by atoms with van der Waals surface area (Å²) in [5.74, 6) is -1.03. The Hall–Kier alpha value is -1.99. The van der Waals surface area contributed by atoms with Crippen LogP contribution >= 0.6 is 23.2 Å². The van der Waals surface area contributed by atoms with Crippen LogP contribution in [0.2, 0.25) is 10.0 Å². The van der Waals surface area contributed by atoms with Crippen LogP contribution in [-0.2, 0) is 14.4 Å². The molecule has 2 rings (SSSR count). The van der Waals surface area contributed by atoms with Crippen LogP contribution < -0.4 is 10.1 Å². The Morgan fingerprint density at radius 3 is 2.31 bits per heavy atom. The molecule has 0 unspecified atom stereocenters. The van der Waals surface area contributed by atoms with E-state index in [0.717, 1.165) is 0 Å². The summed E-state index contributed by atoms with van der Waals surface area (Å²) < 4.78 is 5.44. The number of nitrogens with one attached hydrogen (secondary N) is 1. The van der Waals surface area contributed by atoms with Gasteiger partial charge in [-0.15, -0.1) is 0 Å². The molecule has 142 valence electrons. The average molecular weight is 402 g/mol. The Kier molecular flexibility index (Phi) is 7.11. The van der Waals surface area contributed by atoms with Crippen molar-refractivity contribution in [2.75, 3.05) is 32.8 Å². The predicted octanol–water partition coefficient (Wildman–Crippen LogP) is 1.57. The number of piperazine rings is 1. The molecule has 0 atom stereocenters. The summed E-state index contributed by atoms with van der Waals surface area (Å²) in [6.45, 7) is 4.71. The van der Waals surface area contributed by atoms with E-state index in [1.54, 1.807) is 30.9 Å². The summed E-state index contributed by atoms with van der Waals surface area (Å²) >= 11 is 11.8. The van der Waals surface area contributed by atoms with Gasteiger partial charge in [-0.3, -0.25) is 14.4 Å². The number of hydrogen-bond donors (Lipinski definition) is 1. The molecule has 1 aromatic carbocycles. The first-order valence-electron chi connectivity index (χ1n) is 8.23. The summed E-state index contributed by atoms with van der Waals surface area (Å²) in [4.78, 5) is 39.1. The number of hydrogen-bond acceptors (Lipinski definition) is 4. The number of nitrogens with zero attached hydrogens (tertiary/aromatic N) is 2. The number of rotatable bonds is 4. The fourth-order valence-electron chi connectivity index (χ4n) is 2.45. The van der Waals surface area contributed by atoms with Crippen molar-refractivity contribution in [3.05, 3.63) is 28.2 Å². The average Bonchev–Trinajstić information content (AvgIpc) is 2.59. The first kappa shape index (κ1) is 20.3. The van der Waals surface area contributed by atoms with Crippen LogP contribution in [0.5, 0.6) is 5.75 Å². The predicted molar refractivity (Wildman–Crippen MR) is 98.4 cm³/mol. The molecule has 0 aliphatic carbocycles. The van der Waals surface area contributed by atoms with Crippen molar-refractivity contribution in [1.82, 2.24) is 15.1 Å². The Bertz CT molecular complexity index is 689. The number of carbonyl (C=O) groups excluding carboxylic acids is 3. The Labute approximate surface area is 162 Å². The Morgan fingerprint density at radius 1 is 1.12 bits per heavy atom. The summed E-state index contributed by atoms with van der Waals surface area (Å²) in [6.07, 6.45) is 0. The molecule has 0 spiro atoms. The first-order chi connectivity index (χ1) is 12.3. The zero-order valence-electron chi connectivity index (χ0n) is 14.6. The van der Waals surface area contributed by atoms with E-state index in [-0.39, 0.29) is 18.6 Å². The lowest BCUT2D eigenvalue weighted by Gasteiger charge is -2.34. The van der Waals surface area contributed by atoms with Gasteiger partial charge in [0.15, 0.2) is 6.61 Å². The van der Waals surface area contributed by atoms with Crippen molar-refractivity contribution < 1.29 is 19.1 Å². The molecule has 3 amide bonds. The summed E-state index contributed by atoms with van der Waals surface area (Å²) in [5.41, 5.74) is 0. The first-order valence-corrected chi connectivity index (χ1v) is 8.99. The number of benzene rings is 1. The van der Waals surface area contributed by atoms with Gasteiger partial charge in [0, 0.05) is 37.2 Å². The monoisotopic (exact) mass is 401 g/mol. The number of amides is 3. The van der Waals surface area contributed by atoms with Gasteiger partial charge in [-0.1, -0.05) is 23.2 Å². The smallest absolute Gasteiger partial charge is 0.312 e. The number of carbonyl (C=O) groups is 3. The lowest BCUT2D eigenvalue weighted by atomic mass is 10.3. The summed E-state index contributed by atoms with van der Waals surface area (Å²) in [7, 11) is 0. The maximum atomic E-state index is 12.3. The minimum absolute atomic E-state index is 0.105. The molecule has 1 heterocycles. The van der Waals surface area contributed by atoms with Crippen molar-refractivity contribution in [3.8, 4) is 5.75 Å². The van der Waals surface area contributed by atoms with Crippen LogP contribution in [-0.4, -0.2) is 66.3 Å². The van der Waals surface area contributed by atoms with E-state index < -0.39 is 11.8 Å². The molecule has 1 aliphatic heterocycles. The third kappa shape index (κ3) is 5.51. The van der Waals surface area contributed by atoms with Crippen molar-refractivity contribution in [2.24, 2.45) is 0 Å². The van der Waals surface area contributed by atoms with E-state index in [9.17, 15) is 14.4 Å². The summed E-state index contributed by atoms with van der Waals surface area (Å²) in [5, 5.41) is 3.38. The van der Waals surface area contributed by atoms with Gasteiger partial charge in [-0.25, -0.2) is 0 Å². The molecule has 26 heavy (non-hydrogen) atoms. The molecule has 9 heteroatoms. The van der Waals surface area contributed by atoms with Crippen molar-refractivity contribution in [3.63, 3.8) is 0 Å². The molecule has 0 radical (unpaired) electrons. The second-order valence-corrected chi connectivity index (χ2v) is 7.01.